The molecular formula is C20H22FNO4. The molecule has 0 radical (unpaired) electrons. The van der Waals surface area contributed by atoms with Crippen molar-refractivity contribution in [1.82, 2.24) is 5.32 Å². The second-order valence-corrected chi connectivity index (χ2v) is 6.47. The zero-order chi connectivity index (χ0) is 18.5. The molecule has 138 valence electrons. The number of carboxylic acids is 1. The summed E-state index contributed by atoms with van der Waals surface area (Å²) in [6.07, 6.45) is 1.05. The summed E-state index contributed by atoms with van der Waals surface area (Å²) in [5, 5.41) is 12.5. The summed E-state index contributed by atoms with van der Waals surface area (Å²) in [7, 11) is 0. The number of ether oxygens (including phenoxy) is 2. The molecule has 0 bridgehead atoms. The van der Waals surface area contributed by atoms with Gasteiger partial charge >= 0.3 is 5.97 Å². The van der Waals surface area contributed by atoms with Gasteiger partial charge in [0.2, 0.25) is 0 Å². The maximum atomic E-state index is 12.9. The third kappa shape index (κ3) is 4.73. The van der Waals surface area contributed by atoms with Crippen molar-refractivity contribution in [2.75, 3.05) is 6.54 Å². The van der Waals surface area contributed by atoms with E-state index < -0.39 is 5.97 Å². The standard InChI is InChI=1S/C20H22FNO4/c1-13(19-12-14(20(23)24)10-11-22-19)25-16-6-8-18(9-7-16)26-17-4-2-15(21)3-5-17/h2-9,13-14,19,22H,10-12H2,1H3,(H,23,24). The average molecular weight is 359 g/mol. The lowest BCUT2D eigenvalue weighted by molar-refractivity contribution is -0.143. The highest BCUT2D eigenvalue weighted by Crippen LogP contribution is 2.26. The summed E-state index contributed by atoms with van der Waals surface area (Å²) >= 11 is 0. The number of hydrogen-bond donors (Lipinski definition) is 2. The molecule has 6 heteroatoms. The van der Waals surface area contributed by atoms with Crippen LogP contribution in [0.1, 0.15) is 19.8 Å². The van der Waals surface area contributed by atoms with Crippen LogP contribution in [0.4, 0.5) is 4.39 Å². The number of halogens is 1. The van der Waals surface area contributed by atoms with Crippen molar-refractivity contribution in [3.05, 3.63) is 54.3 Å². The van der Waals surface area contributed by atoms with Crippen molar-refractivity contribution in [2.24, 2.45) is 5.92 Å². The van der Waals surface area contributed by atoms with Crippen LogP contribution in [0.5, 0.6) is 17.2 Å². The summed E-state index contributed by atoms with van der Waals surface area (Å²) < 4.78 is 24.5. The molecule has 1 fully saturated rings. The number of hydrogen-bond acceptors (Lipinski definition) is 4. The molecule has 1 aliphatic heterocycles. The van der Waals surface area contributed by atoms with Crippen molar-refractivity contribution in [3.63, 3.8) is 0 Å². The minimum atomic E-state index is -0.744. The van der Waals surface area contributed by atoms with Gasteiger partial charge in [-0.15, -0.1) is 0 Å². The van der Waals surface area contributed by atoms with Gasteiger partial charge in [-0.05, 0) is 74.8 Å². The van der Waals surface area contributed by atoms with Crippen molar-refractivity contribution in [2.45, 2.75) is 31.9 Å². The molecule has 2 aromatic rings. The molecule has 3 rings (SSSR count). The van der Waals surface area contributed by atoms with Crippen molar-refractivity contribution in [1.29, 1.82) is 0 Å². The summed E-state index contributed by atoms with van der Waals surface area (Å²) in [6, 6.07) is 13.0. The van der Waals surface area contributed by atoms with E-state index in [0.29, 0.717) is 36.6 Å². The zero-order valence-corrected chi connectivity index (χ0v) is 14.5. The minimum Gasteiger partial charge on any atom is -0.489 e. The highest BCUT2D eigenvalue weighted by Gasteiger charge is 2.30. The van der Waals surface area contributed by atoms with Crippen LogP contribution in [0.15, 0.2) is 48.5 Å². The molecule has 1 heterocycles. The van der Waals surface area contributed by atoms with E-state index in [9.17, 15) is 14.3 Å². The predicted octanol–water partition coefficient (Wildman–Crippen LogP) is 3.84. The number of carboxylic acid groups (broad SMARTS) is 1. The minimum absolute atomic E-state index is 0.00000765. The van der Waals surface area contributed by atoms with Crippen molar-refractivity contribution >= 4 is 5.97 Å². The Kier molecular flexibility index (Phi) is 5.73. The molecule has 0 spiro atoms. The quantitative estimate of drug-likeness (QED) is 0.820. The fraction of sp³-hybridized carbons (Fsp3) is 0.350. The van der Waals surface area contributed by atoms with E-state index in [1.807, 2.05) is 6.92 Å². The summed E-state index contributed by atoms with van der Waals surface area (Å²) in [6.45, 7) is 2.62. The van der Waals surface area contributed by atoms with Crippen LogP contribution < -0.4 is 14.8 Å². The molecule has 0 saturated carbocycles. The van der Waals surface area contributed by atoms with E-state index in [0.717, 1.165) is 0 Å². The van der Waals surface area contributed by atoms with Gasteiger partial charge in [-0.1, -0.05) is 0 Å². The van der Waals surface area contributed by atoms with Crippen LogP contribution in [0, 0.1) is 11.7 Å². The summed E-state index contributed by atoms with van der Waals surface area (Å²) in [5.41, 5.74) is 0. The number of aliphatic carboxylic acids is 1. The molecule has 3 atom stereocenters. The highest BCUT2D eigenvalue weighted by atomic mass is 19.1. The molecule has 1 saturated heterocycles. The highest BCUT2D eigenvalue weighted by molar-refractivity contribution is 5.70. The largest absolute Gasteiger partial charge is 0.489 e. The van der Waals surface area contributed by atoms with Crippen LogP contribution in [0.2, 0.25) is 0 Å². The molecule has 0 amide bonds. The van der Waals surface area contributed by atoms with E-state index in [1.165, 1.54) is 12.1 Å². The van der Waals surface area contributed by atoms with Gasteiger partial charge in [0.15, 0.2) is 0 Å². The third-order valence-electron chi connectivity index (χ3n) is 4.55. The lowest BCUT2D eigenvalue weighted by Gasteiger charge is -2.32. The van der Waals surface area contributed by atoms with Crippen molar-refractivity contribution < 1.29 is 23.8 Å². The van der Waals surface area contributed by atoms with E-state index in [1.54, 1.807) is 36.4 Å². The number of benzene rings is 2. The second kappa shape index (κ2) is 8.19. The van der Waals surface area contributed by atoms with E-state index in [-0.39, 0.29) is 23.9 Å². The smallest absolute Gasteiger partial charge is 0.306 e. The van der Waals surface area contributed by atoms with Gasteiger partial charge in [0.05, 0.1) is 5.92 Å². The molecule has 0 aliphatic carbocycles. The molecule has 2 aromatic carbocycles. The first-order valence-electron chi connectivity index (χ1n) is 8.67. The molecule has 0 aromatic heterocycles. The van der Waals surface area contributed by atoms with Crippen LogP contribution in [0.3, 0.4) is 0 Å². The Morgan fingerprint density at radius 3 is 2.31 bits per heavy atom. The molecule has 3 unspecified atom stereocenters. The van der Waals surface area contributed by atoms with Crippen LogP contribution >= 0.6 is 0 Å². The Morgan fingerprint density at radius 1 is 1.12 bits per heavy atom. The van der Waals surface area contributed by atoms with E-state index >= 15 is 0 Å². The monoisotopic (exact) mass is 359 g/mol. The van der Waals surface area contributed by atoms with Gasteiger partial charge in [-0.2, -0.15) is 0 Å². The Labute approximate surface area is 151 Å². The zero-order valence-electron chi connectivity index (χ0n) is 14.5. The van der Waals surface area contributed by atoms with Crippen LogP contribution in [-0.2, 0) is 4.79 Å². The topological polar surface area (TPSA) is 67.8 Å². The normalized spacial score (nSPS) is 21.0. The first-order valence-corrected chi connectivity index (χ1v) is 8.67. The van der Waals surface area contributed by atoms with Crippen molar-refractivity contribution in [3.8, 4) is 17.2 Å². The fourth-order valence-corrected chi connectivity index (χ4v) is 3.05. The van der Waals surface area contributed by atoms with Gasteiger partial charge in [-0.3, -0.25) is 4.79 Å². The first-order chi connectivity index (χ1) is 12.5. The second-order valence-electron chi connectivity index (χ2n) is 6.47. The van der Waals surface area contributed by atoms with Gasteiger partial charge in [0.1, 0.15) is 29.2 Å². The molecular weight excluding hydrogens is 337 g/mol. The van der Waals surface area contributed by atoms with E-state index in [2.05, 4.69) is 5.32 Å². The molecule has 5 nitrogen and oxygen atoms in total. The van der Waals surface area contributed by atoms with Gasteiger partial charge in [0, 0.05) is 6.04 Å². The molecule has 26 heavy (non-hydrogen) atoms. The van der Waals surface area contributed by atoms with Gasteiger partial charge in [0.25, 0.3) is 0 Å². The summed E-state index contributed by atoms with van der Waals surface area (Å²) in [5.74, 6) is 0.488. The van der Waals surface area contributed by atoms with E-state index in [4.69, 9.17) is 9.47 Å². The lowest BCUT2D eigenvalue weighted by atomic mass is 9.90. The maximum Gasteiger partial charge on any atom is 0.306 e. The van der Waals surface area contributed by atoms with Crippen LogP contribution in [-0.4, -0.2) is 29.8 Å². The maximum absolute atomic E-state index is 12.9. The lowest BCUT2D eigenvalue weighted by Crippen LogP contribution is -2.48. The predicted molar refractivity (Wildman–Crippen MR) is 95.2 cm³/mol. The van der Waals surface area contributed by atoms with Gasteiger partial charge < -0.3 is 19.9 Å². The Bertz CT molecular complexity index is 732. The van der Waals surface area contributed by atoms with Gasteiger partial charge in [-0.25, -0.2) is 4.39 Å². The Hall–Kier alpha value is -2.60. The summed E-state index contributed by atoms with van der Waals surface area (Å²) in [4.78, 5) is 11.2. The average Bonchev–Trinajstić information content (AvgIpc) is 2.65. The SMILES string of the molecule is CC(Oc1ccc(Oc2ccc(F)cc2)cc1)C1CC(C(=O)O)CCN1. The third-order valence-corrected chi connectivity index (χ3v) is 4.55. The number of carbonyl (C=O) groups is 1. The Morgan fingerprint density at radius 2 is 1.69 bits per heavy atom. The fourth-order valence-electron chi connectivity index (χ4n) is 3.05. The number of piperidine rings is 1. The number of nitrogens with one attached hydrogen (secondary N) is 1. The van der Waals surface area contributed by atoms with Crippen LogP contribution in [0.25, 0.3) is 0 Å². The Balaban J connectivity index is 1.56. The first kappa shape index (κ1) is 18.2. The number of rotatable bonds is 6. The molecule has 1 aliphatic rings. The molecule has 2 N–H and O–H groups in total.